The summed E-state index contributed by atoms with van der Waals surface area (Å²) in [6, 6.07) is 16.7. The van der Waals surface area contributed by atoms with Crippen LogP contribution in [0.25, 0.3) is 0 Å². The van der Waals surface area contributed by atoms with Crippen molar-refractivity contribution in [3.8, 4) is 11.5 Å². The summed E-state index contributed by atoms with van der Waals surface area (Å²) in [5.41, 5.74) is 4.71. The minimum atomic E-state index is -0.489. The third-order valence-electron chi connectivity index (χ3n) is 4.54. The number of ether oxygens (including phenoxy) is 2. The fourth-order valence-corrected chi connectivity index (χ4v) is 3.64. The Balaban J connectivity index is 1.63. The molecule has 34 heavy (non-hydrogen) atoms. The van der Waals surface area contributed by atoms with Gasteiger partial charge in [0.25, 0.3) is 5.69 Å². The van der Waals surface area contributed by atoms with E-state index in [2.05, 4.69) is 26.5 Å². The summed E-state index contributed by atoms with van der Waals surface area (Å²) >= 11 is 9.44. The van der Waals surface area contributed by atoms with Crippen LogP contribution in [-0.2, 0) is 17.8 Å². The SMILES string of the molecule is CCOc1cc(/C=N\NC(=O)Cc2ccc([N+](=O)[O-])cc2)cc(Br)c1OCc1ccc(Cl)cc1. The number of rotatable bonds is 10. The van der Waals surface area contributed by atoms with Crippen LogP contribution in [0, 0.1) is 10.1 Å². The van der Waals surface area contributed by atoms with Gasteiger partial charge < -0.3 is 9.47 Å². The third-order valence-corrected chi connectivity index (χ3v) is 5.38. The van der Waals surface area contributed by atoms with Crippen LogP contribution >= 0.6 is 27.5 Å². The quantitative estimate of drug-likeness (QED) is 0.200. The maximum Gasteiger partial charge on any atom is 0.269 e. The molecule has 3 rings (SSSR count). The Morgan fingerprint density at radius 2 is 1.79 bits per heavy atom. The van der Waals surface area contributed by atoms with Crippen LogP contribution < -0.4 is 14.9 Å². The van der Waals surface area contributed by atoms with E-state index in [-0.39, 0.29) is 18.0 Å². The van der Waals surface area contributed by atoms with Crippen LogP contribution in [0.5, 0.6) is 11.5 Å². The summed E-state index contributed by atoms with van der Waals surface area (Å²) in [6.07, 6.45) is 1.53. The standard InChI is InChI=1S/C24H21BrClN3O5/c1-2-33-22-12-18(11-21(25)24(22)34-15-17-3-7-19(26)8-4-17)14-27-28-23(30)13-16-5-9-20(10-6-16)29(31)32/h3-12,14H,2,13,15H2,1H3,(H,28,30)/b27-14-. The summed E-state index contributed by atoms with van der Waals surface area (Å²) in [7, 11) is 0. The van der Waals surface area contributed by atoms with E-state index in [1.54, 1.807) is 24.3 Å². The molecule has 0 atom stereocenters. The van der Waals surface area contributed by atoms with Gasteiger partial charge in [0.2, 0.25) is 5.91 Å². The zero-order valence-corrected chi connectivity index (χ0v) is 20.5. The first-order chi connectivity index (χ1) is 16.4. The Hall–Kier alpha value is -3.43. The van der Waals surface area contributed by atoms with Gasteiger partial charge in [0.1, 0.15) is 6.61 Å². The minimum absolute atomic E-state index is 0.0292. The van der Waals surface area contributed by atoms with Gasteiger partial charge in [-0.2, -0.15) is 5.10 Å². The van der Waals surface area contributed by atoms with Gasteiger partial charge in [-0.25, -0.2) is 5.43 Å². The molecule has 176 valence electrons. The monoisotopic (exact) mass is 545 g/mol. The highest BCUT2D eigenvalue weighted by Gasteiger charge is 2.13. The van der Waals surface area contributed by atoms with Gasteiger partial charge in [-0.05, 0) is 63.8 Å². The van der Waals surface area contributed by atoms with Gasteiger partial charge in [-0.1, -0.05) is 35.9 Å². The molecule has 0 aromatic heterocycles. The lowest BCUT2D eigenvalue weighted by atomic mass is 10.1. The largest absolute Gasteiger partial charge is 0.490 e. The topological polar surface area (TPSA) is 103 Å². The number of benzene rings is 3. The van der Waals surface area contributed by atoms with Crippen LogP contribution in [-0.4, -0.2) is 23.7 Å². The molecule has 0 radical (unpaired) electrons. The normalized spacial score (nSPS) is 10.8. The first kappa shape index (κ1) is 25.2. The molecule has 1 amide bonds. The van der Waals surface area contributed by atoms with Crippen LogP contribution in [0.15, 0.2) is 70.2 Å². The molecule has 10 heteroatoms. The minimum Gasteiger partial charge on any atom is -0.490 e. The second-order valence-corrected chi connectivity index (χ2v) is 8.36. The first-order valence-corrected chi connectivity index (χ1v) is 11.4. The molecular formula is C24H21BrClN3O5. The molecule has 3 aromatic rings. The number of carbonyl (C=O) groups is 1. The highest BCUT2D eigenvalue weighted by Crippen LogP contribution is 2.37. The van der Waals surface area contributed by atoms with Crippen LogP contribution in [0.4, 0.5) is 5.69 Å². The summed E-state index contributed by atoms with van der Waals surface area (Å²) in [5, 5.41) is 15.4. The van der Waals surface area contributed by atoms with Gasteiger partial charge in [-0.3, -0.25) is 14.9 Å². The number of nitrogens with one attached hydrogen (secondary N) is 1. The van der Waals surface area contributed by atoms with Crippen LogP contribution in [0.3, 0.4) is 0 Å². The van der Waals surface area contributed by atoms with E-state index in [4.69, 9.17) is 21.1 Å². The summed E-state index contributed by atoms with van der Waals surface area (Å²) in [5.74, 6) is 0.734. The predicted molar refractivity (Wildman–Crippen MR) is 134 cm³/mol. The number of hydrogen-bond donors (Lipinski definition) is 1. The molecule has 0 saturated heterocycles. The van der Waals surface area contributed by atoms with Crippen molar-refractivity contribution in [1.82, 2.24) is 5.43 Å². The molecule has 0 heterocycles. The molecule has 0 saturated carbocycles. The van der Waals surface area contributed by atoms with Gasteiger partial charge in [0.05, 0.1) is 28.6 Å². The van der Waals surface area contributed by atoms with Crippen LogP contribution in [0.2, 0.25) is 5.02 Å². The van der Waals surface area contributed by atoms with Gasteiger partial charge >= 0.3 is 0 Å². The van der Waals surface area contributed by atoms with E-state index >= 15 is 0 Å². The number of nitro groups is 1. The Morgan fingerprint density at radius 1 is 1.12 bits per heavy atom. The van der Waals surface area contributed by atoms with Crippen molar-refractivity contribution in [2.45, 2.75) is 20.0 Å². The fourth-order valence-electron chi connectivity index (χ4n) is 2.94. The van der Waals surface area contributed by atoms with E-state index in [1.807, 2.05) is 19.1 Å². The number of amides is 1. The van der Waals surface area contributed by atoms with Crippen molar-refractivity contribution in [3.63, 3.8) is 0 Å². The smallest absolute Gasteiger partial charge is 0.269 e. The molecule has 0 spiro atoms. The average Bonchev–Trinajstić information content (AvgIpc) is 2.80. The number of nitro benzene ring substituents is 1. The molecule has 0 fully saturated rings. The molecule has 0 bridgehead atoms. The third kappa shape index (κ3) is 7.29. The summed E-state index contributed by atoms with van der Waals surface area (Å²) in [4.78, 5) is 22.4. The van der Waals surface area contributed by atoms with E-state index < -0.39 is 4.92 Å². The predicted octanol–water partition coefficient (Wildman–Crippen LogP) is 5.68. The van der Waals surface area contributed by atoms with Gasteiger partial charge in [0.15, 0.2) is 11.5 Å². The molecule has 0 aliphatic carbocycles. The second kappa shape index (κ2) is 12.2. The van der Waals surface area contributed by atoms with E-state index in [0.29, 0.717) is 45.3 Å². The summed E-state index contributed by atoms with van der Waals surface area (Å²) in [6.45, 7) is 2.65. The number of nitrogens with zero attached hydrogens (tertiary/aromatic N) is 2. The Kier molecular flexibility index (Phi) is 9.00. The maximum atomic E-state index is 12.1. The number of carbonyl (C=O) groups excluding carboxylic acids is 1. The van der Waals surface area contributed by atoms with Crippen LogP contribution in [0.1, 0.15) is 23.6 Å². The maximum absolute atomic E-state index is 12.1. The zero-order chi connectivity index (χ0) is 24.5. The Labute approximate surface area is 209 Å². The zero-order valence-electron chi connectivity index (χ0n) is 18.2. The molecule has 8 nitrogen and oxygen atoms in total. The second-order valence-electron chi connectivity index (χ2n) is 7.07. The lowest BCUT2D eigenvalue weighted by Crippen LogP contribution is -2.19. The van der Waals surface area contributed by atoms with Crippen molar-refractivity contribution in [3.05, 3.63) is 97.0 Å². The highest BCUT2D eigenvalue weighted by molar-refractivity contribution is 9.10. The van der Waals surface area contributed by atoms with Gasteiger partial charge in [-0.15, -0.1) is 0 Å². The lowest BCUT2D eigenvalue weighted by molar-refractivity contribution is -0.384. The fraction of sp³-hybridized carbons (Fsp3) is 0.167. The molecule has 0 aliphatic heterocycles. The number of hydrazone groups is 1. The Bertz CT molecular complexity index is 1180. The molecule has 0 unspecified atom stereocenters. The van der Waals surface area contributed by atoms with E-state index in [9.17, 15) is 14.9 Å². The van der Waals surface area contributed by atoms with Crippen molar-refractivity contribution >= 4 is 45.3 Å². The molecular weight excluding hydrogens is 526 g/mol. The average molecular weight is 547 g/mol. The van der Waals surface area contributed by atoms with Crippen molar-refractivity contribution < 1.29 is 19.2 Å². The Morgan fingerprint density at radius 3 is 2.44 bits per heavy atom. The summed E-state index contributed by atoms with van der Waals surface area (Å²) < 4.78 is 12.4. The number of hydrogen-bond acceptors (Lipinski definition) is 6. The van der Waals surface area contributed by atoms with Crippen molar-refractivity contribution in [2.75, 3.05) is 6.61 Å². The van der Waals surface area contributed by atoms with Crippen molar-refractivity contribution in [1.29, 1.82) is 0 Å². The number of halogens is 2. The van der Waals surface area contributed by atoms with Crippen molar-refractivity contribution in [2.24, 2.45) is 5.10 Å². The van der Waals surface area contributed by atoms with Gasteiger partial charge in [0, 0.05) is 17.2 Å². The lowest BCUT2D eigenvalue weighted by Gasteiger charge is -2.14. The number of non-ortho nitro benzene ring substituents is 1. The first-order valence-electron chi connectivity index (χ1n) is 10.2. The molecule has 3 aromatic carbocycles. The highest BCUT2D eigenvalue weighted by atomic mass is 79.9. The van der Waals surface area contributed by atoms with E-state index in [0.717, 1.165) is 5.56 Å². The van der Waals surface area contributed by atoms with E-state index in [1.165, 1.54) is 30.5 Å². The molecule has 1 N–H and O–H groups in total. The molecule has 0 aliphatic rings.